The largest absolute Gasteiger partial charge is 0.265 e. The van der Waals surface area contributed by atoms with Crippen LogP contribution in [0.1, 0.15) is 80.7 Å². The monoisotopic (exact) mass is 634 g/mol. The van der Waals surface area contributed by atoms with E-state index >= 15 is 0 Å². The molecule has 5 aliphatic rings. The molecule has 0 saturated heterocycles. The van der Waals surface area contributed by atoms with Gasteiger partial charge in [0.2, 0.25) is 0 Å². The minimum absolute atomic E-state index is 0.312. The Balaban J connectivity index is 1.19. The highest BCUT2D eigenvalue weighted by atomic mass is 32.1. The second-order valence-corrected chi connectivity index (χ2v) is 14.5. The van der Waals surface area contributed by atoms with Crippen molar-refractivity contribution in [1.82, 2.24) is 0 Å². The molecule has 1 aromatic carbocycles. The lowest BCUT2D eigenvalue weighted by atomic mass is 9.74. The second-order valence-electron chi connectivity index (χ2n) is 13.4. The van der Waals surface area contributed by atoms with Gasteiger partial charge in [-0.15, -0.1) is 11.3 Å². The van der Waals surface area contributed by atoms with Gasteiger partial charge in [0, 0.05) is 27.3 Å². The normalized spacial score (nSPS) is 23.5. The molecule has 3 heteroatoms. The summed E-state index contributed by atoms with van der Waals surface area (Å²) in [5.74, 6) is 1.25. The molecule has 7 rings (SSSR count). The highest BCUT2D eigenvalue weighted by Crippen LogP contribution is 2.42. The molecule has 0 amide bonds. The lowest BCUT2D eigenvalue weighted by Gasteiger charge is -2.32. The van der Waals surface area contributed by atoms with Crippen LogP contribution in [-0.2, 0) is 6.42 Å². The number of thiophene rings is 1. The standard InChI is InChI=1S/C44H46N2S/c1-4-15-40(39-22-13-21-38-37-20-11-12-24-41(37)47-44(38)39)46-42(34-16-7-5-8-17-34)31(3)30(2)32-25-27-33(28-26-32)36-23-14-29-45-43(36)35-18-9-6-10-19-35/h4,6-7,9-10,12-13,15-18,21-22,24,27,29-30,32,35H,1,3,5,8,11,14,19-20,23,25-26,28H2,2H3/b40-15+,46-42?. The molecular weight excluding hydrogens is 589 g/mol. The molecule has 0 saturated carbocycles. The molecule has 47 heavy (non-hydrogen) atoms. The van der Waals surface area contributed by atoms with Gasteiger partial charge in [-0.3, -0.25) is 4.99 Å². The summed E-state index contributed by atoms with van der Waals surface area (Å²) in [5, 5.41) is 1.37. The summed E-state index contributed by atoms with van der Waals surface area (Å²) >= 11 is 1.89. The summed E-state index contributed by atoms with van der Waals surface area (Å²) in [6, 6.07) is 6.70. The van der Waals surface area contributed by atoms with Gasteiger partial charge in [-0.05, 0) is 121 Å². The van der Waals surface area contributed by atoms with E-state index in [1.54, 1.807) is 0 Å². The molecule has 3 atom stereocenters. The number of hydrogen-bond acceptors (Lipinski definition) is 3. The van der Waals surface area contributed by atoms with Gasteiger partial charge < -0.3 is 0 Å². The number of fused-ring (bicyclic) bond motifs is 3. The van der Waals surface area contributed by atoms with Crippen LogP contribution in [0, 0.1) is 17.8 Å². The molecule has 2 heterocycles. The maximum absolute atomic E-state index is 5.51. The third-order valence-corrected chi connectivity index (χ3v) is 11.8. The van der Waals surface area contributed by atoms with E-state index in [2.05, 4.69) is 105 Å². The lowest BCUT2D eigenvalue weighted by molar-refractivity contribution is 0.375. The van der Waals surface area contributed by atoms with E-state index in [9.17, 15) is 0 Å². The minimum atomic E-state index is 0.312. The van der Waals surface area contributed by atoms with E-state index in [4.69, 9.17) is 16.6 Å². The van der Waals surface area contributed by atoms with Crippen LogP contribution in [0.3, 0.4) is 0 Å². The molecular formula is C44H46N2S. The number of benzene rings is 1. The molecule has 0 N–H and O–H groups in total. The Bertz CT molecular complexity index is 1890. The summed E-state index contributed by atoms with van der Waals surface area (Å²) in [6.07, 6.45) is 39.9. The zero-order chi connectivity index (χ0) is 32.2. The van der Waals surface area contributed by atoms with Crippen LogP contribution in [0.4, 0.5) is 0 Å². The van der Waals surface area contributed by atoms with Crippen LogP contribution in [0.15, 0.2) is 136 Å². The van der Waals surface area contributed by atoms with Gasteiger partial charge in [0.25, 0.3) is 0 Å². The first kappa shape index (κ1) is 31.5. The van der Waals surface area contributed by atoms with Crippen LogP contribution in [0.5, 0.6) is 0 Å². The molecule has 4 aliphatic carbocycles. The topological polar surface area (TPSA) is 24.7 Å². The van der Waals surface area contributed by atoms with Crippen molar-refractivity contribution in [3.63, 3.8) is 0 Å². The molecule has 0 spiro atoms. The first-order valence-corrected chi connectivity index (χ1v) is 18.4. The predicted octanol–water partition coefficient (Wildman–Crippen LogP) is 12.3. The van der Waals surface area contributed by atoms with Gasteiger partial charge in [0.05, 0.1) is 17.1 Å². The average Bonchev–Trinajstić information content (AvgIpc) is 3.53. The van der Waals surface area contributed by atoms with Gasteiger partial charge in [0.1, 0.15) is 0 Å². The smallest absolute Gasteiger partial charge is 0.0735 e. The van der Waals surface area contributed by atoms with Crippen molar-refractivity contribution >= 4 is 45.1 Å². The highest BCUT2D eigenvalue weighted by molar-refractivity contribution is 7.20. The summed E-state index contributed by atoms with van der Waals surface area (Å²) in [7, 11) is 0. The fourth-order valence-electron chi connectivity index (χ4n) is 7.82. The average molecular weight is 635 g/mol. The molecule has 238 valence electrons. The fraction of sp³-hybridized carbons (Fsp3) is 0.318. The van der Waals surface area contributed by atoms with Gasteiger partial charge in [-0.25, -0.2) is 4.99 Å². The lowest BCUT2D eigenvalue weighted by Crippen LogP contribution is -2.22. The Kier molecular flexibility index (Phi) is 9.63. The van der Waals surface area contributed by atoms with Crippen molar-refractivity contribution in [3.05, 3.63) is 142 Å². The van der Waals surface area contributed by atoms with E-state index in [0.717, 1.165) is 81.2 Å². The fourth-order valence-corrected chi connectivity index (χ4v) is 9.12. The van der Waals surface area contributed by atoms with Crippen LogP contribution in [-0.4, -0.2) is 11.9 Å². The first-order valence-electron chi connectivity index (χ1n) is 17.6. The molecule has 3 unspecified atom stereocenters. The third-order valence-electron chi connectivity index (χ3n) is 10.5. The molecule has 2 nitrogen and oxygen atoms in total. The Hall–Kier alpha value is -4.08. The number of allylic oxidation sites excluding steroid dienone is 15. The van der Waals surface area contributed by atoms with E-state index in [1.807, 2.05) is 17.4 Å². The maximum atomic E-state index is 5.51. The van der Waals surface area contributed by atoms with Crippen molar-refractivity contribution in [2.75, 3.05) is 0 Å². The van der Waals surface area contributed by atoms with Gasteiger partial charge in [-0.2, -0.15) is 0 Å². The van der Waals surface area contributed by atoms with E-state index < -0.39 is 0 Å². The Morgan fingerprint density at radius 1 is 1.00 bits per heavy atom. The Morgan fingerprint density at radius 3 is 2.70 bits per heavy atom. The summed E-state index contributed by atoms with van der Waals surface area (Å²) in [4.78, 5) is 11.8. The number of aryl methyl sites for hydroxylation is 1. The predicted molar refractivity (Wildman–Crippen MR) is 206 cm³/mol. The zero-order valence-corrected chi connectivity index (χ0v) is 28.6. The number of nitrogens with zero attached hydrogens (tertiary/aromatic N) is 2. The number of hydrogen-bond donors (Lipinski definition) is 0. The van der Waals surface area contributed by atoms with Gasteiger partial charge in [0.15, 0.2) is 0 Å². The molecule has 0 fully saturated rings. The van der Waals surface area contributed by atoms with Crippen molar-refractivity contribution in [2.24, 2.45) is 27.7 Å². The van der Waals surface area contributed by atoms with Crippen LogP contribution in [0.2, 0.25) is 0 Å². The van der Waals surface area contributed by atoms with Crippen LogP contribution >= 0.6 is 11.3 Å². The Morgan fingerprint density at radius 2 is 1.91 bits per heavy atom. The summed E-state index contributed by atoms with van der Waals surface area (Å²) in [6.45, 7) is 11.3. The van der Waals surface area contributed by atoms with E-state index in [1.165, 1.54) is 48.5 Å². The number of aliphatic imine (C=N–C) groups is 2. The molecule has 0 bridgehead atoms. The molecule has 1 aromatic heterocycles. The van der Waals surface area contributed by atoms with Crippen LogP contribution < -0.4 is 0 Å². The first-order chi connectivity index (χ1) is 23.1. The molecule has 1 aliphatic heterocycles. The second kappa shape index (κ2) is 14.4. The third kappa shape index (κ3) is 6.56. The Labute approximate surface area is 285 Å². The summed E-state index contributed by atoms with van der Waals surface area (Å²) in [5.41, 5.74) is 11.3. The quantitative estimate of drug-likeness (QED) is 0.194. The van der Waals surface area contributed by atoms with Crippen molar-refractivity contribution < 1.29 is 0 Å². The maximum Gasteiger partial charge on any atom is 0.0735 e. The highest BCUT2D eigenvalue weighted by Gasteiger charge is 2.29. The van der Waals surface area contributed by atoms with Gasteiger partial charge >= 0.3 is 0 Å². The molecule has 0 radical (unpaired) electrons. The zero-order valence-electron chi connectivity index (χ0n) is 27.8. The van der Waals surface area contributed by atoms with Gasteiger partial charge in [-0.1, -0.05) is 99.0 Å². The van der Waals surface area contributed by atoms with Crippen LogP contribution in [0.25, 0.3) is 21.9 Å². The van der Waals surface area contributed by atoms with Crippen molar-refractivity contribution in [3.8, 4) is 0 Å². The van der Waals surface area contributed by atoms with Crippen molar-refractivity contribution in [1.29, 1.82) is 0 Å². The number of rotatable bonds is 9. The summed E-state index contributed by atoms with van der Waals surface area (Å²) < 4.78 is 1.32. The van der Waals surface area contributed by atoms with Crippen molar-refractivity contribution in [2.45, 2.75) is 71.1 Å². The van der Waals surface area contributed by atoms with E-state index in [0.29, 0.717) is 17.8 Å². The molecule has 2 aromatic rings. The van der Waals surface area contributed by atoms with E-state index in [-0.39, 0.29) is 0 Å². The SMILES string of the molecule is C=C/C=C(/N=C(C(=C)C(C)C1CC=C(C2=C(C3C=CC=CC3)N=CCC2)CC1)C1=CCCC=C1)c1cccc2c3c(sc12)C=CCC3. The minimum Gasteiger partial charge on any atom is -0.265 e.